The first-order valence-corrected chi connectivity index (χ1v) is 15.1. The first kappa shape index (κ1) is 25.1. The highest BCUT2D eigenvalue weighted by molar-refractivity contribution is 7.91. The van der Waals surface area contributed by atoms with E-state index in [1.54, 1.807) is 4.90 Å². The van der Waals surface area contributed by atoms with E-state index in [1.165, 1.54) is 0 Å². The Balaban J connectivity index is 1.53. The number of carbonyl (C=O) groups is 1. The van der Waals surface area contributed by atoms with Crippen molar-refractivity contribution in [1.82, 2.24) is 14.7 Å². The number of hydrogen-bond donors (Lipinski definition) is 0. The summed E-state index contributed by atoms with van der Waals surface area (Å²) in [4.78, 5) is 20.0. The van der Waals surface area contributed by atoms with Crippen LogP contribution in [0.1, 0.15) is 60.6 Å². The molecule has 0 aliphatic carbocycles. The Labute approximate surface area is 226 Å². The first-order valence-electron chi connectivity index (χ1n) is 12.9. The zero-order valence-corrected chi connectivity index (χ0v) is 23.1. The van der Waals surface area contributed by atoms with Gasteiger partial charge in [-0.1, -0.05) is 28.9 Å². The van der Waals surface area contributed by atoms with Crippen LogP contribution in [-0.2, 0) is 14.6 Å². The molecule has 2 aromatic carbocycles. The number of aryl methyl sites for hydroxylation is 3. The molecule has 0 spiro atoms. The molecule has 4 heterocycles. The lowest BCUT2D eigenvalue weighted by Gasteiger charge is -2.30. The highest BCUT2D eigenvalue weighted by Gasteiger charge is 2.39. The Morgan fingerprint density at radius 2 is 1.89 bits per heavy atom. The third kappa shape index (κ3) is 4.22. The van der Waals surface area contributed by atoms with Crippen LogP contribution >= 0.6 is 11.6 Å². The Morgan fingerprint density at radius 1 is 1.08 bits per heavy atom. The molecule has 4 aromatic rings. The zero-order chi connectivity index (χ0) is 26.8. The number of halogens is 1. The van der Waals surface area contributed by atoms with Gasteiger partial charge in [0.1, 0.15) is 11.6 Å². The molecule has 6 rings (SSSR count). The Hall–Kier alpha value is -3.17. The number of anilines is 1. The normalized spacial score (nSPS) is 21.5. The molecule has 1 amide bonds. The molecule has 0 bridgehead atoms. The van der Waals surface area contributed by atoms with Crippen molar-refractivity contribution in [3.63, 3.8) is 0 Å². The number of benzene rings is 2. The molecule has 2 atom stereocenters. The lowest BCUT2D eigenvalue weighted by atomic mass is 10.0. The highest BCUT2D eigenvalue weighted by Crippen LogP contribution is 2.42. The van der Waals surface area contributed by atoms with Crippen LogP contribution in [0, 0.1) is 20.8 Å². The van der Waals surface area contributed by atoms with Gasteiger partial charge in [-0.05, 0) is 75.4 Å². The van der Waals surface area contributed by atoms with Crippen LogP contribution in [0.15, 0.2) is 40.9 Å². The fourth-order valence-corrected chi connectivity index (χ4v) is 7.82. The summed E-state index contributed by atoms with van der Waals surface area (Å²) in [5.41, 5.74) is 5.93. The van der Waals surface area contributed by atoms with E-state index in [2.05, 4.69) is 9.72 Å². The Morgan fingerprint density at radius 3 is 2.61 bits per heavy atom. The van der Waals surface area contributed by atoms with Gasteiger partial charge in [0, 0.05) is 28.7 Å². The van der Waals surface area contributed by atoms with Crippen LogP contribution in [-0.4, -0.2) is 40.5 Å². The molecule has 0 N–H and O–H groups in total. The minimum Gasteiger partial charge on any atom is -0.361 e. The number of imidazole rings is 1. The van der Waals surface area contributed by atoms with Crippen molar-refractivity contribution in [3.05, 3.63) is 64.3 Å². The number of sulfone groups is 1. The molecule has 8 nitrogen and oxygen atoms in total. The molecule has 198 valence electrons. The molecule has 2 fully saturated rings. The second-order valence-corrected chi connectivity index (χ2v) is 13.0. The number of rotatable bonds is 4. The second kappa shape index (κ2) is 9.24. The summed E-state index contributed by atoms with van der Waals surface area (Å²) in [6.45, 7) is 5.71. The van der Waals surface area contributed by atoms with Gasteiger partial charge < -0.3 is 14.0 Å². The topological polar surface area (TPSA) is 98.3 Å². The van der Waals surface area contributed by atoms with Gasteiger partial charge in [-0.15, -0.1) is 0 Å². The molecule has 2 aliphatic rings. The van der Waals surface area contributed by atoms with Crippen molar-refractivity contribution < 1.29 is 17.7 Å². The molecule has 0 radical (unpaired) electrons. The van der Waals surface area contributed by atoms with Crippen molar-refractivity contribution in [3.8, 4) is 11.1 Å². The van der Waals surface area contributed by atoms with Gasteiger partial charge in [0.15, 0.2) is 9.84 Å². The fraction of sp³-hybridized carbons (Fsp3) is 0.393. The average molecular weight is 553 g/mol. The zero-order valence-electron chi connectivity index (χ0n) is 21.6. The van der Waals surface area contributed by atoms with Gasteiger partial charge in [0.25, 0.3) is 0 Å². The summed E-state index contributed by atoms with van der Waals surface area (Å²) in [6.07, 6.45) is 2.31. The fourth-order valence-electron chi connectivity index (χ4n) is 5.97. The number of amides is 1. The largest absolute Gasteiger partial charge is 0.361 e. The number of aromatic nitrogens is 3. The van der Waals surface area contributed by atoms with Crippen molar-refractivity contribution in [1.29, 1.82) is 0 Å². The molecular formula is C28H29ClN4O4S. The van der Waals surface area contributed by atoms with Crippen molar-refractivity contribution in [2.45, 2.75) is 58.5 Å². The van der Waals surface area contributed by atoms with Crippen molar-refractivity contribution in [2.24, 2.45) is 0 Å². The van der Waals surface area contributed by atoms with E-state index in [1.807, 2.05) is 57.2 Å². The van der Waals surface area contributed by atoms with Crippen LogP contribution in [0.3, 0.4) is 0 Å². The molecule has 1 unspecified atom stereocenters. The molecule has 2 aromatic heterocycles. The van der Waals surface area contributed by atoms with E-state index >= 15 is 0 Å². The smallest absolute Gasteiger partial charge is 0.227 e. The van der Waals surface area contributed by atoms with Gasteiger partial charge in [-0.25, -0.2) is 13.4 Å². The number of hydrogen-bond acceptors (Lipinski definition) is 6. The van der Waals surface area contributed by atoms with Crippen LogP contribution in [0.25, 0.3) is 22.2 Å². The lowest BCUT2D eigenvalue weighted by molar-refractivity contribution is -0.117. The van der Waals surface area contributed by atoms with E-state index in [-0.39, 0.29) is 29.5 Å². The number of carbonyl (C=O) groups excluding carboxylic acids is 1. The lowest BCUT2D eigenvalue weighted by Crippen LogP contribution is -2.32. The number of fused-ring (bicyclic) bond motifs is 1. The maximum Gasteiger partial charge on any atom is 0.227 e. The predicted molar refractivity (Wildman–Crippen MR) is 147 cm³/mol. The highest BCUT2D eigenvalue weighted by atomic mass is 35.5. The summed E-state index contributed by atoms with van der Waals surface area (Å²) in [7, 11) is -3.18. The minimum absolute atomic E-state index is 0.00111. The minimum atomic E-state index is -3.18. The monoisotopic (exact) mass is 552 g/mol. The summed E-state index contributed by atoms with van der Waals surface area (Å²) in [5.74, 6) is 1.71. The number of nitrogens with zero attached hydrogens (tertiary/aromatic N) is 4. The third-order valence-electron chi connectivity index (χ3n) is 7.79. The molecule has 2 aliphatic heterocycles. The van der Waals surface area contributed by atoms with E-state index in [0.29, 0.717) is 30.1 Å². The summed E-state index contributed by atoms with van der Waals surface area (Å²) in [5, 5.41) is 4.68. The molecular weight excluding hydrogens is 524 g/mol. The summed E-state index contributed by atoms with van der Waals surface area (Å²) >= 11 is 6.44. The van der Waals surface area contributed by atoms with Crippen molar-refractivity contribution >= 4 is 44.1 Å². The molecule has 0 saturated carbocycles. The van der Waals surface area contributed by atoms with Crippen LogP contribution in [0.5, 0.6) is 0 Å². The van der Waals surface area contributed by atoms with E-state index in [0.717, 1.165) is 51.3 Å². The van der Waals surface area contributed by atoms with Gasteiger partial charge in [0.05, 0.1) is 34.3 Å². The second-order valence-electron chi connectivity index (χ2n) is 10.4. The van der Waals surface area contributed by atoms with Gasteiger partial charge >= 0.3 is 0 Å². The van der Waals surface area contributed by atoms with Gasteiger partial charge in [-0.3, -0.25) is 4.79 Å². The first-order chi connectivity index (χ1) is 18.1. The molecule has 2 saturated heterocycles. The maximum absolute atomic E-state index is 13.2. The maximum atomic E-state index is 13.2. The van der Waals surface area contributed by atoms with Crippen LogP contribution in [0.4, 0.5) is 5.69 Å². The molecule has 10 heteroatoms. The van der Waals surface area contributed by atoms with E-state index in [4.69, 9.17) is 21.1 Å². The van der Waals surface area contributed by atoms with Crippen molar-refractivity contribution in [2.75, 3.05) is 16.4 Å². The quantitative estimate of drug-likeness (QED) is 0.313. The standard InChI is InChI=1S/C28H29ClN4O4S/c1-16-6-8-20(14-22(16)29)32-25(10-11-26(32)34)28-30-23-13-19(27-17(2)31-37-18(27)3)7-9-24(23)33(28)21-5-4-12-38(35,36)15-21/h6-9,13-14,21,25H,4-5,10-12,15H2,1-3H3/t21?,25-/m0/s1. The Bertz CT molecular complexity index is 1670. The van der Waals surface area contributed by atoms with E-state index < -0.39 is 9.84 Å². The van der Waals surface area contributed by atoms with Crippen LogP contribution < -0.4 is 4.90 Å². The van der Waals surface area contributed by atoms with Gasteiger partial charge in [-0.2, -0.15) is 0 Å². The third-order valence-corrected chi connectivity index (χ3v) is 10.00. The summed E-state index contributed by atoms with van der Waals surface area (Å²) in [6, 6.07) is 11.1. The Kier molecular flexibility index (Phi) is 6.11. The van der Waals surface area contributed by atoms with Crippen LogP contribution in [0.2, 0.25) is 5.02 Å². The van der Waals surface area contributed by atoms with E-state index in [9.17, 15) is 13.2 Å². The summed E-state index contributed by atoms with van der Waals surface area (Å²) < 4.78 is 32.8. The van der Waals surface area contributed by atoms with Gasteiger partial charge in [0.2, 0.25) is 5.91 Å². The molecule has 38 heavy (non-hydrogen) atoms. The average Bonchev–Trinajstić information content (AvgIpc) is 3.54. The SMILES string of the molecule is Cc1ccc(N2C(=O)CC[C@H]2c2nc3cc(-c4c(C)noc4C)ccc3n2C2CCCS(=O)(=O)C2)cc1Cl. The predicted octanol–water partition coefficient (Wildman–Crippen LogP) is 5.89.